The van der Waals surface area contributed by atoms with Gasteiger partial charge in [-0.15, -0.1) is 0 Å². The third-order valence-electron chi connectivity index (χ3n) is 7.13. The number of methoxy groups -OCH3 is 2. The molecule has 6 atom stereocenters. The topological polar surface area (TPSA) is 89.2 Å². The van der Waals surface area contributed by atoms with Crippen LogP contribution >= 0.6 is 0 Å². The molecule has 0 spiro atoms. The number of ether oxygens (including phenoxy) is 4. The van der Waals surface area contributed by atoms with Gasteiger partial charge >= 0.3 is 5.97 Å². The quantitative estimate of drug-likeness (QED) is 0.255. The predicted octanol–water partition coefficient (Wildman–Crippen LogP) is 4.34. The van der Waals surface area contributed by atoms with Crippen molar-refractivity contribution in [1.82, 2.24) is 0 Å². The Morgan fingerprint density at radius 2 is 1.72 bits per heavy atom. The lowest BCUT2D eigenvalue weighted by atomic mass is 9.83. The lowest BCUT2D eigenvalue weighted by Crippen LogP contribution is -2.50. The summed E-state index contributed by atoms with van der Waals surface area (Å²) in [7, 11) is 1.29. The lowest BCUT2D eigenvalue weighted by molar-refractivity contribution is -0.188. The number of rotatable bonds is 12. The van der Waals surface area contributed by atoms with Gasteiger partial charge in [0.15, 0.2) is 8.32 Å². The highest BCUT2D eigenvalue weighted by atomic mass is 28.4. The van der Waals surface area contributed by atoms with Gasteiger partial charge in [-0.1, -0.05) is 48.0 Å². The maximum atomic E-state index is 13.2. The third-order valence-corrected chi connectivity index (χ3v) is 11.6. The molecule has 0 aliphatic heterocycles. The number of carbonyl (C=O) groups is 1. The molecule has 0 bridgehead atoms. The van der Waals surface area contributed by atoms with Crippen molar-refractivity contribution in [3.63, 3.8) is 0 Å². The van der Waals surface area contributed by atoms with Crippen molar-refractivity contribution in [3.8, 4) is 0 Å². The Morgan fingerprint density at radius 1 is 1.09 bits per heavy atom. The highest BCUT2D eigenvalue weighted by molar-refractivity contribution is 6.74. The molecule has 0 saturated heterocycles. The van der Waals surface area contributed by atoms with Gasteiger partial charge in [-0.05, 0) is 36.9 Å². The second-order valence-corrected chi connectivity index (χ2v) is 15.9. The van der Waals surface area contributed by atoms with E-state index in [1.807, 2.05) is 13.8 Å². The van der Waals surface area contributed by atoms with Gasteiger partial charge in [-0.3, -0.25) is 4.79 Å². The summed E-state index contributed by atoms with van der Waals surface area (Å²) in [6.45, 7) is 18.0. The average molecular weight is 476 g/mol. The van der Waals surface area contributed by atoms with Gasteiger partial charge in [0.1, 0.15) is 19.0 Å². The van der Waals surface area contributed by atoms with E-state index in [0.29, 0.717) is 6.61 Å². The fourth-order valence-electron chi connectivity index (χ4n) is 3.98. The van der Waals surface area contributed by atoms with Gasteiger partial charge in [-0.2, -0.15) is 0 Å². The van der Waals surface area contributed by atoms with Gasteiger partial charge in [0.05, 0.1) is 12.0 Å². The van der Waals surface area contributed by atoms with Crippen molar-refractivity contribution in [1.29, 1.82) is 0 Å². The average Bonchev–Trinajstić information content (AvgIpc) is 2.70. The molecule has 1 fully saturated rings. The highest BCUT2D eigenvalue weighted by Gasteiger charge is 2.42. The predicted molar refractivity (Wildman–Crippen MR) is 130 cm³/mol. The SMILES string of the molecule is COCO[C@@H]([C@H](C)CO[Si](C)(C)C(C)(C)C)[C@@H](OC(=O)[C@H]1CCCC(N)[C@H]1OC)C(C)C. The molecule has 32 heavy (non-hydrogen) atoms. The maximum Gasteiger partial charge on any atom is 0.312 e. The Bertz CT molecular complexity index is 565. The number of hydrogen-bond acceptors (Lipinski definition) is 7. The van der Waals surface area contributed by atoms with E-state index in [4.69, 9.17) is 29.1 Å². The van der Waals surface area contributed by atoms with E-state index in [1.165, 1.54) is 0 Å². The zero-order valence-corrected chi connectivity index (χ0v) is 23.1. The molecule has 0 aromatic heterocycles. The zero-order valence-electron chi connectivity index (χ0n) is 22.1. The van der Waals surface area contributed by atoms with E-state index >= 15 is 0 Å². The Morgan fingerprint density at radius 3 is 2.22 bits per heavy atom. The molecule has 0 amide bonds. The van der Waals surface area contributed by atoms with Crippen molar-refractivity contribution in [2.75, 3.05) is 27.6 Å². The van der Waals surface area contributed by atoms with Crippen LogP contribution in [0.25, 0.3) is 0 Å². The van der Waals surface area contributed by atoms with Gasteiger partial charge in [0, 0.05) is 32.8 Å². The fourth-order valence-corrected chi connectivity index (χ4v) is 5.09. The van der Waals surface area contributed by atoms with Gasteiger partial charge in [0.25, 0.3) is 0 Å². The molecule has 0 aromatic carbocycles. The lowest BCUT2D eigenvalue weighted by Gasteiger charge is -2.40. The van der Waals surface area contributed by atoms with Crippen molar-refractivity contribution in [2.24, 2.45) is 23.5 Å². The minimum absolute atomic E-state index is 0.0197. The van der Waals surface area contributed by atoms with Crippen LogP contribution < -0.4 is 5.73 Å². The van der Waals surface area contributed by atoms with E-state index < -0.39 is 14.4 Å². The molecule has 1 unspecified atom stereocenters. The molecular weight excluding hydrogens is 426 g/mol. The molecule has 0 aromatic rings. The first-order valence-electron chi connectivity index (χ1n) is 12.0. The van der Waals surface area contributed by atoms with E-state index in [2.05, 4.69) is 40.8 Å². The summed E-state index contributed by atoms with van der Waals surface area (Å²) >= 11 is 0. The van der Waals surface area contributed by atoms with Crippen molar-refractivity contribution >= 4 is 14.3 Å². The summed E-state index contributed by atoms with van der Waals surface area (Å²) in [5.74, 6) is -0.526. The number of hydrogen-bond donors (Lipinski definition) is 1. The number of esters is 1. The van der Waals surface area contributed by atoms with Gasteiger partial charge in [0.2, 0.25) is 0 Å². The first-order valence-corrected chi connectivity index (χ1v) is 14.9. The van der Waals surface area contributed by atoms with E-state index in [-0.39, 0.29) is 53.8 Å². The normalized spacial score (nSPS) is 25.4. The maximum absolute atomic E-state index is 13.2. The van der Waals surface area contributed by atoms with Gasteiger partial charge in [-0.25, -0.2) is 0 Å². The molecule has 0 heterocycles. The van der Waals surface area contributed by atoms with Crippen LogP contribution in [0, 0.1) is 17.8 Å². The van der Waals surface area contributed by atoms with Gasteiger partial charge < -0.3 is 29.1 Å². The summed E-state index contributed by atoms with van der Waals surface area (Å²) in [5, 5.41) is 0.119. The molecule has 1 aliphatic rings. The van der Waals surface area contributed by atoms with Crippen molar-refractivity contribution < 1.29 is 28.2 Å². The van der Waals surface area contributed by atoms with Crippen LogP contribution in [0.15, 0.2) is 0 Å². The van der Waals surface area contributed by atoms with Crippen LogP contribution in [0.3, 0.4) is 0 Å². The highest BCUT2D eigenvalue weighted by Crippen LogP contribution is 2.37. The second kappa shape index (κ2) is 12.8. The summed E-state index contributed by atoms with van der Waals surface area (Å²) in [6.07, 6.45) is 1.39. The Labute approximate surface area is 197 Å². The van der Waals surface area contributed by atoms with Crippen LogP contribution in [-0.4, -0.2) is 66.3 Å². The molecule has 2 N–H and O–H groups in total. The summed E-state index contributed by atoms with van der Waals surface area (Å²) in [5.41, 5.74) is 6.21. The third kappa shape index (κ3) is 8.06. The molecule has 8 heteroatoms. The molecule has 1 saturated carbocycles. The zero-order chi connectivity index (χ0) is 24.7. The van der Waals surface area contributed by atoms with E-state index in [0.717, 1.165) is 19.3 Å². The molecule has 7 nitrogen and oxygen atoms in total. The standard InChI is InChI=1S/C24H49NO6Si/c1-16(2)20(31-23(26)18-12-11-13-19(25)22(18)28-8)21(29-15-27-7)17(3)14-30-32(9,10)24(4,5)6/h16-22H,11-15,25H2,1-10H3/t17-,18+,19?,20+,21+,22+/m1/s1. The molecule has 0 radical (unpaired) electrons. The Balaban J connectivity index is 2.99. The number of nitrogens with two attached hydrogens (primary N) is 1. The van der Waals surface area contributed by atoms with Crippen LogP contribution in [0.4, 0.5) is 0 Å². The summed E-state index contributed by atoms with van der Waals surface area (Å²) in [6, 6.07) is -0.152. The van der Waals surface area contributed by atoms with Crippen LogP contribution in [0.2, 0.25) is 18.1 Å². The van der Waals surface area contributed by atoms with E-state index in [1.54, 1.807) is 14.2 Å². The molecule has 1 aliphatic carbocycles. The first kappa shape index (κ1) is 29.5. The Kier molecular flexibility index (Phi) is 11.8. The molecule has 1 rings (SSSR count). The summed E-state index contributed by atoms with van der Waals surface area (Å²) in [4.78, 5) is 13.2. The summed E-state index contributed by atoms with van der Waals surface area (Å²) < 4.78 is 29.4. The second-order valence-electron chi connectivity index (χ2n) is 11.1. The monoisotopic (exact) mass is 475 g/mol. The Hall–Kier alpha value is -0.513. The number of carbonyl (C=O) groups excluding carboxylic acids is 1. The van der Waals surface area contributed by atoms with Crippen LogP contribution in [-0.2, 0) is 28.2 Å². The van der Waals surface area contributed by atoms with Crippen LogP contribution in [0.1, 0.15) is 60.8 Å². The first-order chi connectivity index (χ1) is 14.8. The van der Waals surface area contributed by atoms with Crippen molar-refractivity contribution in [2.45, 2.75) is 103 Å². The largest absolute Gasteiger partial charge is 0.459 e. The minimum Gasteiger partial charge on any atom is -0.459 e. The van der Waals surface area contributed by atoms with Crippen LogP contribution in [0.5, 0.6) is 0 Å². The fraction of sp³-hybridized carbons (Fsp3) is 0.958. The smallest absolute Gasteiger partial charge is 0.312 e. The molecular formula is C24H49NO6Si. The minimum atomic E-state index is -1.91. The van der Waals surface area contributed by atoms with Crippen molar-refractivity contribution in [3.05, 3.63) is 0 Å². The van der Waals surface area contributed by atoms with E-state index in [9.17, 15) is 4.79 Å². The molecule has 190 valence electrons.